The number of nitrogens with zero attached hydrogens (tertiary/aromatic N) is 1. The highest BCUT2D eigenvalue weighted by molar-refractivity contribution is 5.59. The maximum absolute atomic E-state index is 6.06. The number of piperidine rings is 1. The maximum Gasteiger partial charge on any atom is 0.119 e. The van der Waals surface area contributed by atoms with E-state index in [2.05, 4.69) is 29.4 Å². The van der Waals surface area contributed by atoms with Gasteiger partial charge in [0.1, 0.15) is 11.9 Å². The predicted octanol–water partition coefficient (Wildman–Crippen LogP) is 3.66. The summed E-state index contributed by atoms with van der Waals surface area (Å²) >= 11 is 0. The highest BCUT2D eigenvalue weighted by atomic mass is 16.5. The van der Waals surface area contributed by atoms with Crippen LogP contribution in [0.1, 0.15) is 26.2 Å². The predicted molar refractivity (Wildman–Crippen MR) is 85.4 cm³/mol. The Bertz CT molecular complexity index is 547. The molecule has 1 aromatic carbocycles. The van der Waals surface area contributed by atoms with Crippen molar-refractivity contribution >= 4 is 0 Å². The Balaban J connectivity index is 1.64. The van der Waals surface area contributed by atoms with Crippen molar-refractivity contribution in [2.45, 2.75) is 38.3 Å². The van der Waals surface area contributed by atoms with E-state index in [1.165, 1.54) is 19.3 Å². The Hall–Kier alpha value is -1.87. The fourth-order valence-corrected chi connectivity index (χ4v) is 2.81. The van der Waals surface area contributed by atoms with Crippen molar-refractivity contribution in [1.82, 2.24) is 10.3 Å². The average molecular weight is 282 g/mol. The van der Waals surface area contributed by atoms with Crippen LogP contribution in [0.4, 0.5) is 0 Å². The number of aromatic nitrogens is 1. The van der Waals surface area contributed by atoms with E-state index in [1.807, 2.05) is 36.5 Å². The van der Waals surface area contributed by atoms with Gasteiger partial charge in [-0.05, 0) is 62.7 Å². The fourth-order valence-electron chi connectivity index (χ4n) is 2.81. The van der Waals surface area contributed by atoms with Gasteiger partial charge >= 0.3 is 0 Å². The lowest BCUT2D eigenvalue weighted by atomic mass is 10.0. The van der Waals surface area contributed by atoms with Gasteiger partial charge in [0.2, 0.25) is 0 Å². The molecule has 1 aliphatic heterocycles. The molecule has 0 saturated carbocycles. The lowest BCUT2D eigenvalue weighted by molar-refractivity contribution is 0.152. The minimum absolute atomic E-state index is 0.200. The Morgan fingerprint density at radius 2 is 2.00 bits per heavy atom. The molecule has 2 unspecified atom stereocenters. The van der Waals surface area contributed by atoms with E-state index in [-0.39, 0.29) is 6.10 Å². The molecule has 110 valence electrons. The largest absolute Gasteiger partial charge is 0.489 e. The topological polar surface area (TPSA) is 34.1 Å². The molecular formula is C18H22N2O. The van der Waals surface area contributed by atoms with Crippen LogP contribution in [0.5, 0.6) is 5.75 Å². The fraction of sp³-hybridized carbons (Fsp3) is 0.389. The van der Waals surface area contributed by atoms with E-state index in [1.54, 1.807) is 0 Å². The molecule has 0 spiro atoms. The van der Waals surface area contributed by atoms with Crippen molar-refractivity contribution < 1.29 is 4.74 Å². The van der Waals surface area contributed by atoms with Crippen LogP contribution >= 0.6 is 0 Å². The molecule has 0 bridgehead atoms. The lowest BCUT2D eigenvalue weighted by Crippen LogP contribution is -2.44. The van der Waals surface area contributed by atoms with Gasteiger partial charge in [-0.3, -0.25) is 4.98 Å². The smallest absolute Gasteiger partial charge is 0.119 e. The number of ether oxygens (including phenoxy) is 1. The molecule has 1 N–H and O–H groups in total. The minimum Gasteiger partial charge on any atom is -0.489 e. The summed E-state index contributed by atoms with van der Waals surface area (Å²) in [6.07, 6.45) is 5.79. The number of hydrogen-bond donors (Lipinski definition) is 1. The molecule has 2 atom stereocenters. The molecule has 1 fully saturated rings. The molecule has 1 aromatic heterocycles. The van der Waals surface area contributed by atoms with Crippen molar-refractivity contribution in [2.75, 3.05) is 6.54 Å². The van der Waals surface area contributed by atoms with E-state index in [9.17, 15) is 0 Å². The van der Waals surface area contributed by atoms with Gasteiger partial charge in [-0.2, -0.15) is 0 Å². The Morgan fingerprint density at radius 3 is 2.67 bits per heavy atom. The number of nitrogens with one attached hydrogen (secondary N) is 1. The molecule has 1 aliphatic rings. The molecule has 3 nitrogen and oxygen atoms in total. The van der Waals surface area contributed by atoms with Gasteiger partial charge in [0.25, 0.3) is 0 Å². The highest BCUT2D eigenvalue weighted by Crippen LogP contribution is 2.22. The first-order valence-corrected chi connectivity index (χ1v) is 7.74. The Morgan fingerprint density at radius 1 is 1.14 bits per heavy atom. The van der Waals surface area contributed by atoms with Crippen LogP contribution in [0.15, 0.2) is 48.7 Å². The number of benzene rings is 1. The van der Waals surface area contributed by atoms with Crippen LogP contribution in [0, 0.1) is 0 Å². The number of hydrogen-bond acceptors (Lipinski definition) is 3. The van der Waals surface area contributed by atoms with Crippen LogP contribution in [-0.4, -0.2) is 23.7 Å². The zero-order chi connectivity index (χ0) is 14.5. The first kappa shape index (κ1) is 14.1. The molecule has 3 heteroatoms. The third-order valence-corrected chi connectivity index (χ3v) is 4.05. The summed E-state index contributed by atoms with van der Waals surface area (Å²) in [5.74, 6) is 0.926. The standard InChI is InChI=1S/C18H22N2O/c1-14(17-6-2-4-12-19-17)21-16-10-8-15(9-11-16)18-7-3-5-13-20-18/h3,5,7-11,13-14,17,19H,2,4,6,12H2,1H3. The SMILES string of the molecule is CC(Oc1ccc(-c2ccccn2)cc1)C1CCCCN1. The molecule has 21 heavy (non-hydrogen) atoms. The van der Waals surface area contributed by atoms with Crippen LogP contribution < -0.4 is 10.1 Å². The number of pyridine rings is 1. The maximum atomic E-state index is 6.06. The third-order valence-electron chi connectivity index (χ3n) is 4.05. The van der Waals surface area contributed by atoms with Crippen LogP contribution in [0.25, 0.3) is 11.3 Å². The summed E-state index contributed by atoms with van der Waals surface area (Å²) in [6.45, 7) is 3.26. The zero-order valence-corrected chi connectivity index (χ0v) is 12.5. The molecule has 0 radical (unpaired) electrons. The second-order valence-corrected chi connectivity index (χ2v) is 5.62. The van der Waals surface area contributed by atoms with Gasteiger partial charge in [-0.25, -0.2) is 0 Å². The van der Waals surface area contributed by atoms with E-state index < -0.39 is 0 Å². The zero-order valence-electron chi connectivity index (χ0n) is 12.5. The van der Waals surface area contributed by atoms with Crippen molar-refractivity contribution in [3.05, 3.63) is 48.7 Å². The average Bonchev–Trinajstić information content (AvgIpc) is 2.57. The minimum atomic E-state index is 0.200. The van der Waals surface area contributed by atoms with Gasteiger partial charge < -0.3 is 10.1 Å². The quantitative estimate of drug-likeness (QED) is 0.929. The van der Waals surface area contributed by atoms with E-state index in [4.69, 9.17) is 4.74 Å². The van der Waals surface area contributed by atoms with E-state index >= 15 is 0 Å². The molecule has 2 aromatic rings. The summed E-state index contributed by atoms with van der Waals surface area (Å²) in [5.41, 5.74) is 2.11. The van der Waals surface area contributed by atoms with E-state index in [0.717, 1.165) is 23.6 Å². The van der Waals surface area contributed by atoms with Crippen molar-refractivity contribution in [1.29, 1.82) is 0 Å². The highest BCUT2D eigenvalue weighted by Gasteiger charge is 2.20. The lowest BCUT2D eigenvalue weighted by Gasteiger charge is -2.29. The van der Waals surface area contributed by atoms with Crippen molar-refractivity contribution in [3.8, 4) is 17.0 Å². The number of rotatable bonds is 4. The van der Waals surface area contributed by atoms with Gasteiger partial charge in [-0.15, -0.1) is 0 Å². The van der Waals surface area contributed by atoms with Crippen LogP contribution in [0.3, 0.4) is 0 Å². The van der Waals surface area contributed by atoms with Crippen molar-refractivity contribution in [2.24, 2.45) is 0 Å². The van der Waals surface area contributed by atoms with Gasteiger partial charge in [-0.1, -0.05) is 12.5 Å². The molecular weight excluding hydrogens is 260 g/mol. The molecule has 2 heterocycles. The first-order chi connectivity index (χ1) is 10.3. The first-order valence-electron chi connectivity index (χ1n) is 7.74. The molecule has 0 aliphatic carbocycles. The normalized spacial score (nSPS) is 20.0. The molecule has 1 saturated heterocycles. The van der Waals surface area contributed by atoms with Crippen LogP contribution in [0.2, 0.25) is 0 Å². The Kier molecular flexibility index (Phi) is 4.51. The third kappa shape index (κ3) is 3.61. The van der Waals surface area contributed by atoms with E-state index in [0.29, 0.717) is 6.04 Å². The second-order valence-electron chi connectivity index (χ2n) is 5.62. The summed E-state index contributed by atoms with van der Waals surface area (Å²) in [6, 6.07) is 14.6. The van der Waals surface area contributed by atoms with Gasteiger partial charge in [0.05, 0.1) is 5.69 Å². The summed E-state index contributed by atoms with van der Waals surface area (Å²) < 4.78 is 6.06. The molecule has 0 amide bonds. The van der Waals surface area contributed by atoms with Crippen LogP contribution in [-0.2, 0) is 0 Å². The second kappa shape index (κ2) is 6.72. The molecule has 3 rings (SSSR count). The summed E-state index contributed by atoms with van der Waals surface area (Å²) in [5, 5.41) is 3.54. The van der Waals surface area contributed by atoms with Crippen molar-refractivity contribution in [3.63, 3.8) is 0 Å². The Labute approximate surface area is 126 Å². The monoisotopic (exact) mass is 282 g/mol. The summed E-state index contributed by atoms with van der Waals surface area (Å²) in [4.78, 5) is 4.36. The van der Waals surface area contributed by atoms with Gasteiger partial charge in [0.15, 0.2) is 0 Å². The summed E-state index contributed by atoms with van der Waals surface area (Å²) in [7, 11) is 0. The van der Waals surface area contributed by atoms with Gasteiger partial charge in [0, 0.05) is 17.8 Å².